The molecule has 24 heavy (non-hydrogen) atoms. The topological polar surface area (TPSA) is 48.7 Å². The maximum atomic E-state index is 8.16. The van der Waals surface area contributed by atoms with Crippen LogP contribution in [0.2, 0.25) is 0 Å². The molecular weight excluding hydrogens is 298 g/mol. The average molecular weight is 321 g/mol. The first kappa shape index (κ1) is 15.2. The van der Waals surface area contributed by atoms with Crippen LogP contribution in [-0.2, 0) is 11.3 Å². The van der Waals surface area contributed by atoms with Crippen LogP contribution < -0.4 is 0 Å². The van der Waals surface area contributed by atoms with Crippen molar-refractivity contribution in [3.8, 4) is 0 Å². The molecule has 4 heteroatoms. The molecule has 2 aliphatic heterocycles. The van der Waals surface area contributed by atoms with Crippen LogP contribution in [0.4, 0.5) is 0 Å². The molecule has 1 unspecified atom stereocenters. The van der Waals surface area contributed by atoms with Crippen LogP contribution in [0.5, 0.6) is 0 Å². The fraction of sp³-hybridized carbons (Fsp3) is 0.400. The van der Waals surface area contributed by atoms with Crippen molar-refractivity contribution in [2.75, 3.05) is 0 Å². The third-order valence-electron chi connectivity index (χ3n) is 4.94. The summed E-state index contributed by atoms with van der Waals surface area (Å²) < 4.78 is 5.70. The first-order valence-electron chi connectivity index (χ1n) is 8.84. The zero-order chi connectivity index (χ0) is 16.4. The normalized spacial score (nSPS) is 25.6. The largest absolute Gasteiger partial charge is 0.424 e. The molecule has 2 heterocycles. The molecule has 3 aliphatic rings. The number of fused-ring (bicyclic) bond motifs is 1. The predicted molar refractivity (Wildman–Crippen MR) is 95.8 cm³/mol. The number of hydrogen-bond donors (Lipinski definition) is 1. The van der Waals surface area contributed by atoms with Crippen molar-refractivity contribution in [1.82, 2.24) is 4.90 Å². The van der Waals surface area contributed by atoms with Gasteiger partial charge in [-0.1, -0.05) is 55.7 Å². The van der Waals surface area contributed by atoms with Crippen LogP contribution in [-0.4, -0.2) is 22.7 Å². The van der Waals surface area contributed by atoms with E-state index in [2.05, 4.69) is 41.4 Å². The summed E-state index contributed by atoms with van der Waals surface area (Å²) in [5.41, 5.74) is 2.17. The standard InChI is InChI=1S/C20H23N3O/c21-19-18-14-23(13-15-7-3-1-4-8-15)12-11-17(18)20(24-19)22-16-9-5-2-6-10-16/h1,3-4,7-8,11-12,14,16-17,21H,2,5-6,9-10,13H2. The summed E-state index contributed by atoms with van der Waals surface area (Å²) in [4.78, 5) is 6.94. The van der Waals surface area contributed by atoms with Gasteiger partial charge < -0.3 is 9.64 Å². The third-order valence-corrected chi connectivity index (χ3v) is 4.94. The van der Waals surface area contributed by atoms with Gasteiger partial charge in [0.2, 0.25) is 11.8 Å². The summed E-state index contributed by atoms with van der Waals surface area (Å²) in [6.45, 7) is 0.802. The Morgan fingerprint density at radius 3 is 2.71 bits per heavy atom. The van der Waals surface area contributed by atoms with E-state index < -0.39 is 0 Å². The molecular formula is C20H23N3O. The van der Waals surface area contributed by atoms with Gasteiger partial charge in [-0.3, -0.25) is 10.4 Å². The molecule has 4 rings (SSSR count). The second kappa shape index (κ2) is 6.63. The fourth-order valence-electron chi connectivity index (χ4n) is 3.63. The highest BCUT2D eigenvalue weighted by Crippen LogP contribution is 2.31. The van der Waals surface area contributed by atoms with Crippen LogP contribution >= 0.6 is 0 Å². The molecule has 0 spiro atoms. The molecule has 1 atom stereocenters. The number of nitrogens with one attached hydrogen (secondary N) is 1. The van der Waals surface area contributed by atoms with Crippen molar-refractivity contribution in [1.29, 1.82) is 5.41 Å². The Kier molecular flexibility index (Phi) is 4.20. The first-order valence-corrected chi connectivity index (χ1v) is 8.84. The molecule has 1 aliphatic carbocycles. The van der Waals surface area contributed by atoms with E-state index >= 15 is 0 Å². The molecule has 0 amide bonds. The molecule has 1 aromatic rings. The monoisotopic (exact) mass is 321 g/mol. The SMILES string of the molecule is N=C1OC(=NC2CCCCC2)C2C=CN(Cc3ccccc3)C=C12. The maximum Gasteiger partial charge on any atom is 0.219 e. The van der Waals surface area contributed by atoms with Crippen molar-refractivity contribution in [2.45, 2.75) is 44.7 Å². The number of benzene rings is 1. The predicted octanol–water partition coefficient (Wildman–Crippen LogP) is 4.25. The van der Waals surface area contributed by atoms with Crippen molar-refractivity contribution in [3.63, 3.8) is 0 Å². The lowest BCUT2D eigenvalue weighted by Crippen LogP contribution is -2.20. The van der Waals surface area contributed by atoms with E-state index in [9.17, 15) is 0 Å². The summed E-state index contributed by atoms with van der Waals surface area (Å²) in [7, 11) is 0. The fourth-order valence-corrected chi connectivity index (χ4v) is 3.63. The van der Waals surface area contributed by atoms with Gasteiger partial charge in [0.15, 0.2) is 0 Å². The van der Waals surface area contributed by atoms with Crippen LogP contribution in [0.15, 0.2) is 59.4 Å². The molecule has 0 bridgehead atoms. The molecule has 4 nitrogen and oxygen atoms in total. The summed E-state index contributed by atoms with van der Waals surface area (Å²) >= 11 is 0. The summed E-state index contributed by atoms with van der Waals surface area (Å²) in [5.74, 6) is 0.984. The highest BCUT2D eigenvalue weighted by molar-refractivity contribution is 6.11. The van der Waals surface area contributed by atoms with Crippen LogP contribution in [0.3, 0.4) is 0 Å². The van der Waals surface area contributed by atoms with Crippen LogP contribution in [0.25, 0.3) is 0 Å². The van der Waals surface area contributed by atoms with Crippen LogP contribution in [0, 0.1) is 11.3 Å². The number of aliphatic imine (C=N–C) groups is 1. The molecule has 1 saturated heterocycles. The maximum absolute atomic E-state index is 8.16. The highest BCUT2D eigenvalue weighted by Gasteiger charge is 2.36. The zero-order valence-corrected chi connectivity index (χ0v) is 13.8. The second-order valence-electron chi connectivity index (χ2n) is 6.75. The minimum Gasteiger partial charge on any atom is -0.424 e. The molecule has 1 N–H and O–H groups in total. The number of rotatable bonds is 3. The lowest BCUT2D eigenvalue weighted by Gasteiger charge is -2.22. The van der Waals surface area contributed by atoms with Gasteiger partial charge in [0.05, 0.1) is 12.0 Å². The van der Waals surface area contributed by atoms with E-state index in [1.54, 1.807) is 0 Å². The lowest BCUT2D eigenvalue weighted by molar-refractivity contribution is 0.430. The Labute approximate surface area is 143 Å². The number of ether oxygens (including phenoxy) is 1. The number of hydrogen-bond acceptors (Lipinski definition) is 4. The van der Waals surface area contributed by atoms with Crippen molar-refractivity contribution < 1.29 is 4.74 Å². The molecule has 2 fully saturated rings. The second-order valence-corrected chi connectivity index (χ2v) is 6.75. The van der Waals surface area contributed by atoms with Gasteiger partial charge in [0, 0.05) is 24.5 Å². The van der Waals surface area contributed by atoms with E-state index in [0.29, 0.717) is 11.9 Å². The van der Waals surface area contributed by atoms with E-state index in [1.165, 1.54) is 24.8 Å². The Morgan fingerprint density at radius 1 is 1.12 bits per heavy atom. The summed E-state index contributed by atoms with van der Waals surface area (Å²) in [5, 5.41) is 8.16. The van der Waals surface area contributed by atoms with E-state index in [1.807, 2.05) is 12.3 Å². The summed E-state index contributed by atoms with van der Waals surface area (Å²) in [6, 6.07) is 10.7. The molecule has 0 aromatic heterocycles. The van der Waals surface area contributed by atoms with Gasteiger partial charge in [-0.2, -0.15) is 0 Å². The molecule has 1 saturated carbocycles. The van der Waals surface area contributed by atoms with Gasteiger partial charge in [-0.25, -0.2) is 0 Å². The zero-order valence-electron chi connectivity index (χ0n) is 13.8. The third kappa shape index (κ3) is 3.14. The average Bonchev–Trinajstić information content (AvgIpc) is 2.92. The molecule has 124 valence electrons. The Balaban J connectivity index is 1.50. The lowest BCUT2D eigenvalue weighted by atomic mass is 9.95. The van der Waals surface area contributed by atoms with Gasteiger partial charge in [-0.05, 0) is 18.4 Å². The quantitative estimate of drug-likeness (QED) is 0.904. The Morgan fingerprint density at radius 2 is 1.92 bits per heavy atom. The smallest absolute Gasteiger partial charge is 0.219 e. The first-order chi connectivity index (χ1) is 11.8. The minimum absolute atomic E-state index is 0.0199. The van der Waals surface area contributed by atoms with Gasteiger partial charge >= 0.3 is 0 Å². The summed E-state index contributed by atoms with van der Waals surface area (Å²) in [6.07, 6.45) is 12.4. The Bertz CT molecular complexity index is 699. The molecule has 0 radical (unpaired) electrons. The van der Waals surface area contributed by atoms with Gasteiger partial charge in [0.25, 0.3) is 0 Å². The van der Waals surface area contributed by atoms with Crippen molar-refractivity contribution in [3.05, 3.63) is 59.9 Å². The highest BCUT2D eigenvalue weighted by atomic mass is 16.5. The molecule has 1 aromatic carbocycles. The van der Waals surface area contributed by atoms with Crippen molar-refractivity contribution >= 4 is 11.8 Å². The van der Waals surface area contributed by atoms with E-state index in [-0.39, 0.29) is 11.8 Å². The minimum atomic E-state index is 0.0199. The van der Waals surface area contributed by atoms with Crippen molar-refractivity contribution in [2.24, 2.45) is 10.9 Å². The number of nitrogens with zero attached hydrogens (tertiary/aromatic N) is 2. The van der Waals surface area contributed by atoms with Gasteiger partial charge in [0.1, 0.15) is 0 Å². The van der Waals surface area contributed by atoms with Crippen LogP contribution in [0.1, 0.15) is 37.7 Å². The Hall–Kier alpha value is -2.36. The van der Waals surface area contributed by atoms with E-state index in [4.69, 9.17) is 15.1 Å². The van der Waals surface area contributed by atoms with E-state index in [0.717, 1.165) is 25.0 Å². The van der Waals surface area contributed by atoms with Gasteiger partial charge in [-0.15, -0.1) is 0 Å².